The van der Waals surface area contributed by atoms with Crippen LogP contribution in [0.3, 0.4) is 0 Å². The van der Waals surface area contributed by atoms with E-state index in [2.05, 4.69) is 0 Å². The second-order valence-corrected chi connectivity index (χ2v) is 5.65. The predicted molar refractivity (Wildman–Crippen MR) is 81.9 cm³/mol. The van der Waals surface area contributed by atoms with Gasteiger partial charge in [0.15, 0.2) is 11.5 Å². The van der Waals surface area contributed by atoms with Crippen molar-refractivity contribution in [1.29, 1.82) is 0 Å². The minimum absolute atomic E-state index is 0.642. The van der Waals surface area contributed by atoms with Gasteiger partial charge in [0.1, 0.15) is 5.60 Å². The molecule has 0 spiro atoms. The lowest BCUT2D eigenvalue weighted by Gasteiger charge is -2.25. The van der Waals surface area contributed by atoms with Gasteiger partial charge in [0.2, 0.25) is 0 Å². The molecule has 0 aliphatic carbocycles. The Morgan fingerprint density at radius 1 is 0.905 bits per heavy atom. The number of hydrogen-bond acceptors (Lipinski definition) is 3. The van der Waals surface area contributed by atoms with Crippen LogP contribution in [0.15, 0.2) is 42.5 Å². The molecular weight excluding hydrogens is 264 g/mol. The van der Waals surface area contributed by atoms with Gasteiger partial charge in [0.05, 0.1) is 13.2 Å². The topological polar surface area (TPSA) is 38.7 Å². The quantitative estimate of drug-likeness (QED) is 0.918. The van der Waals surface area contributed by atoms with Crippen molar-refractivity contribution < 1.29 is 14.6 Å². The standard InChI is InChI=1S/C18H20O3/c1-13-4-6-14(7-5-13)18(2,19)15-8-9-16-17(12-15)21-11-3-10-20-16/h4-9,12,19H,3,10-11H2,1-2H3. The van der Waals surface area contributed by atoms with Crippen molar-refractivity contribution in [3.8, 4) is 11.5 Å². The van der Waals surface area contributed by atoms with E-state index in [1.807, 2.05) is 49.4 Å². The van der Waals surface area contributed by atoms with Gasteiger partial charge in [-0.25, -0.2) is 0 Å². The summed E-state index contributed by atoms with van der Waals surface area (Å²) in [5.41, 5.74) is 1.78. The first-order valence-corrected chi connectivity index (χ1v) is 7.27. The SMILES string of the molecule is Cc1ccc(C(C)(O)c2ccc3c(c2)OCCCO3)cc1. The Balaban J connectivity index is 1.98. The number of benzene rings is 2. The number of rotatable bonds is 2. The summed E-state index contributed by atoms with van der Waals surface area (Å²) < 4.78 is 11.3. The second-order valence-electron chi connectivity index (χ2n) is 5.65. The molecule has 3 rings (SSSR count). The summed E-state index contributed by atoms with van der Waals surface area (Å²) in [6, 6.07) is 13.6. The molecule has 21 heavy (non-hydrogen) atoms. The molecule has 110 valence electrons. The fourth-order valence-electron chi connectivity index (χ4n) is 2.51. The summed E-state index contributed by atoms with van der Waals surface area (Å²) >= 11 is 0. The van der Waals surface area contributed by atoms with E-state index in [0.717, 1.165) is 23.3 Å². The van der Waals surface area contributed by atoms with Crippen LogP contribution in [0.2, 0.25) is 0 Å². The van der Waals surface area contributed by atoms with Crippen LogP contribution in [0.25, 0.3) is 0 Å². The lowest BCUT2D eigenvalue weighted by atomic mass is 9.87. The van der Waals surface area contributed by atoms with Gasteiger partial charge in [-0.2, -0.15) is 0 Å². The Labute approximate surface area is 125 Å². The van der Waals surface area contributed by atoms with Crippen LogP contribution in [-0.4, -0.2) is 18.3 Å². The number of aliphatic hydroxyl groups is 1. The van der Waals surface area contributed by atoms with Crippen LogP contribution in [-0.2, 0) is 5.60 Å². The minimum atomic E-state index is -1.06. The molecule has 3 nitrogen and oxygen atoms in total. The van der Waals surface area contributed by atoms with Crippen molar-refractivity contribution in [3.63, 3.8) is 0 Å². The van der Waals surface area contributed by atoms with Crippen molar-refractivity contribution in [2.75, 3.05) is 13.2 Å². The number of aryl methyl sites for hydroxylation is 1. The van der Waals surface area contributed by atoms with E-state index in [-0.39, 0.29) is 0 Å². The Bertz CT molecular complexity index is 629. The summed E-state index contributed by atoms with van der Waals surface area (Å²) in [4.78, 5) is 0. The largest absolute Gasteiger partial charge is 0.490 e. The van der Waals surface area contributed by atoms with E-state index < -0.39 is 5.60 Å². The smallest absolute Gasteiger partial charge is 0.161 e. The third-order valence-electron chi connectivity index (χ3n) is 3.92. The third-order valence-corrected chi connectivity index (χ3v) is 3.92. The summed E-state index contributed by atoms with van der Waals surface area (Å²) in [6.45, 7) is 5.15. The molecule has 0 amide bonds. The monoisotopic (exact) mass is 284 g/mol. The highest BCUT2D eigenvalue weighted by atomic mass is 16.5. The Morgan fingerprint density at radius 3 is 2.24 bits per heavy atom. The molecule has 1 N–H and O–H groups in total. The van der Waals surface area contributed by atoms with Gasteiger partial charge < -0.3 is 14.6 Å². The fraction of sp³-hybridized carbons (Fsp3) is 0.333. The van der Waals surface area contributed by atoms with Gasteiger partial charge in [-0.05, 0) is 37.1 Å². The average Bonchev–Trinajstić information content (AvgIpc) is 2.72. The fourth-order valence-corrected chi connectivity index (χ4v) is 2.51. The van der Waals surface area contributed by atoms with Gasteiger partial charge in [-0.3, -0.25) is 0 Å². The molecule has 1 heterocycles. The highest BCUT2D eigenvalue weighted by Gasteiger charge is 2.27. The molecule has 0 radical (unpaired) electrons. The highest BCUT2D eigenvalue weighted by Crippen LogP contribution is 2.36. The molecule has 1 unspecified atom stereocenters. The van der Waals surface area contributed by atoms with Gasteiger partial charge in [-0.15, -0.1) is 0 Å². The number of fused-ring (bicyclic) bond motifs is 1. The normalized spacial score (nSPS) is 16.9. The first kappa shape index (κ1) is 14.0. The Morgan fingerprint density at radius 2 is 1.52 bits per heavy atom. The molecule has 0 bridgehead atoms. The maximum atomic E-state index is 10.9. The summed E-state index contributed by atoms with van der Waals surface area (Å²) in [6.07, 6.45) is 0.873. The van der Waals surface area contributed by atoms with Crippen molar-refractivity contribution in [2.45, 2.75) is 25.9 Å². The molecule has 2 aromatic carbocycles. The van der Waals surface area contributed by atoms with Crippen molar-refractivity contribution in [1.82, 2.24) is 0 Å². The van der Waals surface area contributed by atoms with Gasteiger partial charge >= 0.3 is 0 Å². The lowest BCUT2D eigenvalue weighted by Crippen LogP contribution is -2.22. The molecule has 1 aliphatic heterocycles. The number of ether oxygens (including phenoxy) is 2. The van der Waals surface area contributed by atoms with Gasteiger partial charge in [0, 0.05) is 6.42 Å². The third kappa shape index (κ3) is 2.74. The van der Waals surface area contributed by atoms with Crippen LogP contribution in [0.4, 0.5) is 0 Å². The lowest BCUT2D eigenvalue weighted by molar-refractivity contribution is 0.102. The van der Waals surface area contributed by atoms with Crippen LogP contribution < -0.4 is 9.47 Å². The van der Waals surface area contributed by atoms with Crippen LogP contribution >= 0.6 is 0 Å². The zero-order chi connectivity index (χ0) is 14.9. The van der Waals surface area contributed by atoms with Crippen molar-refractivity contribution in [3.05, 3.63) is 59.2 Å². The van der Waals surface area contributed by atoms with Crippen LogP contribution in [0.5, 0.6) is 11.5 Å². The molecule has 0 saturated carbocycles. The average molecular weight is 284 g/mol. The van der Waals surface area contributed by atoms with Gasteiger partial charge in [0.25, 0.3) is 0 Å². The van der Waals surface area contributed by atoms with E-state index in [1.54, 1.807) is 6.92 Å². The summed E-state index contributed by atoms with van der Waals surface area (Å²) in [7, 11) is 0. The summed E-state index contributed by atoms with van der Waals surface area (Å²) in [5, 5.41) is 10.9. The molecule has 0 fully saturated rings. The molecule has 2 aromatic rings. The highest BCUT2D eigenvalue weighted by molar-refractivity contribution is 5.47. The molecule has 1 aliphatic rings. The molecular formula is C18H20O3. The van der Waals surface area contributed by atoms with E-state index in [1.165, 1.54) is 5.56 Å². The molecule has 1 atom stereocenters. The van der Waals surface area contributed by atoms with Crippen molar-refractivity contribution >= 4 is 0 Å². The maximum absolute atomic E-state index is 10.9. The zero-order valence-corrected chi connectivity index (χ0v) is 12.4. The first-order valence-electron chi connectivity index (χ1n) is 7.27. The zero-order valence-electron chi connectivity index (χ0n) is 12.4. The van der Waals surface area contributed by atoms with Crippen LogP contribution in [0, 0.1) is 6.92 Å². The van der Waals surface area contributed by atoms with Gasteiger partial charge in [-0.1, -0.05) is 35.9 Å². The Hall–Kier alpha value is -2.00. The van der Waals surface area contributed by atoms with E-state index in [4.69, 9.17) is 9.47 Å². The molecule has 0 aromatic heterocycles. The van der Waals surface area contributed by atoms with E-state index in [0.29, 0.717) is 19.0 Å². The second kappa shape index (κ2) is 5.41. The Kier molecular flexibility index (Phi) is 3.60. The first-order chi connectivity index (χ1) is 10.1. The van der Waals surface area contributed by atoms with Crippen molar-refractivity contribution in [2.24, 2.45) is 0 Å². The number of hydrogen-bond donors (Lipinski definition) is 1. The van der Waals surface area contributed by atoms with Crippen LogP contribution in [0.1, 0.15) is 30.0 Å². The van der Waals surface area contributed by atoms with E-state index in [9.17, 15) is 5.11 Å². The molecule has 3 heteroatoms. The minimum Gasteiger partial charge on any atom is -0.490 e. The maximum Gasteiger partial charge on any atom is 0.161 e. The predicted octanol–water partition coefficient (Wildman–Crippen LogP) is 3.41. The molecule has 0 saturated heterocycles. The van der Waals surface area contributed by atoms with E-state index >= 15 is 0 Å². The summed E-state index contributed by atoms with van der Waals surface area (Å²) in [5.74, 6) is 1.45.